The summed E-state index contributed by atoms with van der Waals surface area (Å²) in [5, 5.41) is 9.29. The van der Waals surface area contributed by atoms with Crippen LogP contribution in [0.15, 0.2) is 47.4 Å². The molecular formula is C18H16F6N4O. The summed E-state index contributed by atoms with van der Waals surface area (Å²) in [7, 11) is 0. The number of carbonyl (C=O) groups is 1. The van der Waals surface area contributed by atoms with Crippen LogP contribution in [0, 0.1) is 22.7 Å². The minimum Gasteiger partial charge on any atom is -0.384 e. The summed E-state index contributed by atoms with van der Waals surface area (Å²) < 4.78 is 83.3. The van der Waals surface area contributed by atoms with Crippen LogP contribution in [0.5, 0.6) is 0 Å². The van der Waals surface area contributed by atoms with E-state index in [4.69, 9.17) is 11.5 Å². The van der Waals surface area contributed by atoms with Crippen molar-refractivity contribution in [3.05, 3.63) is 53.0 Å². The van der Waals surface area contributed by atoms with Crippen molar-refractivity contribution < 1.29 is 31.1 Å². The van der Waals surface area contributed by atoms with Gasteiger partial charge in [-0.2, -0.15) is 31.6 Å². The molecule has 0 aromatic heterocycles. The second kappa shape index (κ2) is 7.02. The lowest BCUT2D eigenvalue weighted by molar-refractivity contribution is -0.337. The summed E-state index contributed by atoms with van der Waals surface area (Å²) in [6.45, 7) is 2.00. The Hall–Kier alpha value is -3.16. The van der Waals surface area contributed by atoms with E-state index in [1.807, 2.05) is 0 Å². The van der Waals surface area contributed by atoms with Crippen LogP contribution < -0.4 is 16.4 Å². The molecule has 4 N–H and O–H groups in total. The molecule has 0 spiro atoms. The van der Waals surface area contributed by atoms with E-state index in [-0.39, 0.29) is 11.3 Å². The van der Waals surface area contributed by atoms with Gasteiger partial charge in [0.05, 0.1) is 11.6 Å². The number of benzene rings is 1. The van der Waals surface area contributed by atoms with Crippen LogP contribution >= 0.6 is 0 Å². The summed E-state index contributed by atoms with van der Waals surface area (Å²) in [6, 6.07) is 6.03. The van der Waals surface area contributed by atoms with Gasteiger partial charge in [-0.15, -0.1) is 0 Å². The lowest BCUT2D eigenvalue weighted by Gasteiger charge is -2.49. The fraction of sp³-hybridized carbons (Fsp3) is 0.333. The maximum atomic E-state index is 13.9. The number of nitrogens with zero attached hydrogens (tertiary/aromatic N) is 2. The molecule has 5 nitrogen and oxygen atoms in total. The molecule has 0 saturated heterocycles. The van der Waals surface area contributed by atoms with Gasteiger partial charge in [-0.1, -0.05) is 13.0 Å². The van der Waals surface area contributed by atoms with E-state index in [2.05, 4.69) is 0 Å². The molecule has 11 heteroatoms. The number of alkyl halides is 6. The normalized spacial score (nSPS) is 21.3. The average molecular weight is 418 g/mol. The monoisotopic (exact) mass is 418 g/mol. The Bertz CT molecular complexity index is 908. The van der Waals surface area contributed by atoms with Crippen molar-refractivity contribution >= 4 is 11.6 Å². The van der Waals surface area contributed by atoms with Crippen LogP contribution in [0.4, 0.5) is 32.0 Å². The molecule has 0 unspecified atom stereocenters. The summed E-state index contributed by atoms with van der Waals surface area (Å²) in [4.78, 5) is 12.1. The maximum Gasteiger partial charge on any atom is 0.408 e. The van der Waals surface area contributed by atoms with E-state index >= 15 is 0 Å². The zero-order chi connectivity index (χ0) is 22.4. The highest BCUT2D eigenvalue weighted by molar-refractivity contribution is 5.93. The summed E-state index contributed by atoms with van der Waals surface area (Å²) >= 11 is 0. The summed E-state index contributed by atoms with van der Waals surface area (Å²) in [5.74, 6) is -3.99. The quantitative estimate of drug-likeness (QED) is 0.711. The molecule has 1 heterocycles. The number of hydrogen-bond acceptors (Lipinski definition) is 4. The summed E-state index contributed by atoms with van der Waals surface area (Å²) in [6.07, 6.45) is -10.6. The first-order valence-electron chi connectivity index (χ1n) is 8.15. The van der Waals surface area contributed by atoms with Gasteiger partial charge in [0.25, 0.3) is 0 Å². The number of allylic oxidation sites excluding steroid dienone is 3. The average Bonchev–Trinajstić information content (AvgIpc) is 2.60. The van der Waals surface area contributed by atoms with E-state index in [1.165, 1.54) is 31.2 Å². The molecule has 1 amide bonds. The summed E-state index contributed by atoms with van der Waals surface area (Å²) in [5.41, 5.74) is 4.47. The molecule has 1 atom stereocenters. The zero-order valence-corrected chi connectivity index (χ0v) is 15.2. The predicted octanol–water partition coefficient (Wildman–Crippen LogP) is 3.95. The number of hydrogen-bond donors (Lipinski definition) is 2. The maximum absolute atomic E-state index is 13.9. The molecule has 29 heavy (non-hydrogen) atoms. The van der Waals surface area contributed by atoms with Gasteiger partial charge in [-0.25, -0.2) is 0 Å². The molecule has 1 aromatic rings. The number of carbonyl (C=O) groups excluding carboxylic acids is 1. The predicted molar refractivity (Wildman–Crippen MR) is 91.7 cm³/mol. The number of anilines is 1. The van der Waals surface area contributed by atoms with Crippen LogP contribution in [0.1, 0.15) is 24.2 Å². The van der Waals surface area contributed by atoms with E-state index in [0.29, 0.717) is 0 Å². The highest BCUT2D eigenvalue weighted by atomic mass is 19.4. The lowest BCUT2D eigenvalue weighted by atomic mass is 9.65. The van der Waals surface area contributed by atoms with Gasteiger partial charge >= 0.3 is 12.4 Å². The second-order valence-corrected chi connectivity index (χ2v) is 6.36. The van der Waals surface area contributed by atoms with Crippen molar-refractivity contribution in [3.63, 3.8) is 0 Å². The molecule has 0 fully saturated rings. The second-order valence-electron chi connectivity index (χ2n) is 6.36. The Morgan fingerprint density at radius 1 is 1.17 bits per heavy atom. The van der Waals surface area contributed by atoms with Gasteiger partial charge in [-0.05, 0) is 31.2 Å². The lowest BCUT2D eigenvalue weighted by Crippen LogP contribution is -2.60. The number of halogens is 6. The Morgan fingerprint density at radius 2 is 1.66 bits per heavy atom. The smallest absolute Gasteiger partial charge is 0.384 e. The van der Waals surface area contributed by atoms with Gasteiger partial charge in [0.2, 0.25) is 11.3 Å². The highest BCUT2D eigenvalue weighted by Crippen LogP contribution is 2.63. The van der Waals surface area contributed by atoms with Crippen LogP contribution in [-0.4, -0.2) is 18.3 Å². The van der Waals surface area contributed by atoms with Crippen LogP contribution in [0.3, 0.4) is 0 Å². The standard InChI is InChI=1S/C18H16F6N4O/c1-3-13-9(2)16(17(19,20)21,18(22,23)24)12(8-25)14(26)28(13)11-6-4-10(5-7-11)15(27)29/h3-7,9H,26H2,1-2H3,(H2,27,29)/b13-3-/t9-/m0/s1. The van der Waals surface area contributed by atoms with Crippen LogP contribution in [0.25, 0.3) is 0 Å². The van der Waals surface area contributed by atoms with Gasteiger partial charge in [0.15, 0.2) is 0 Å². The molecular weight excluding hydrogens is 402 g/mol. The molecule has 1 aliphatic rings. The number of nitrogens with two attached hydrogens (primary N) is 2. The van der Waals surface area contributed by atoms with Crippen molar-refractivity contribution in [1.29, 1.82) is 5.26 Å². The number of rotatable bonds is 2. The third-order valence-electron chi connectivity index (χ3n) is 4.95. The number of primary amides is 1. The largest absolute Gasteiger partial charge is 0.408 e. The number of nitriles is 1. The van der Waals surface area contributed by atoms with Gasteiger partial charge in [-0.3, -0.25) is 4.79 Å². The molecule has 1 aromatic carbocycles. The third kappa shape index (κ3) is 3.08. The molecule has 0 aliphatic carbocycles. The van der Waals surface area contributed by atoms with Crippen LogP contribution in [0.2, 0.25) is 0 Å². The number of amides is 1. The van der Waals surface area contributed by atoms with Crippen molar-refractivity contribution in [3.8, 4) is 6.07 Å². The third-order valence-corrected chi connectivity index (χ3v) is 4.95. The molecule has 0 saturated carbocycles. The van der Waals surface area contributed by atoms with E-state index in [0.717, 1.165) is 24.0 Å². The topological polar surface area (TPSA) is 96.1 Å². The molecule has 2 rings (SSSR count). The first-order chi connectivity index (χ1) is 13.3. The molecule has 0 radical (unpaired) electrons. The molecule has 1 aliphatic heterocycles. The van der Waals surface area contributed by atoms with E-state index in [9.17, 15) is 36.4 Å². The minimum atomic E-state index is -5.84. The minimum absolute atomic E-state index is 0.0677. The van der Waals surface area contributed by atoms with Crippen molar-refractivity contribution in [1.82, 2.24) is 0 Å². The Kier molecular flexibility index (Phi) is 5.36. The van der Waals surface area contributed by atoms with Gasteiger partial charge in [0.1, 0.15) is 5.82 Å². The zero-order valence-electron chi connectivity index (χ0n) is 15.2. The Labute approximate surface area is 161 Å². The van der Waals surface area contributed by atoms with Gasteiger partial charge in [0, 0.05) is 22.9 Å². The van der Waals surface area contributed by atoms with Crippen molar-refractivity contribution in [2.45, 2.75) is 26.2 Å². The first-order valence-corrected chi connectivity index (χ1v) is 8.15. The fourth-order valence-electron chi connectivity index (χ4n) is 3.61. The van der Waals surface area contributed by atoms with Gasteiger partial charge < -0.3 is 16.4 Å². The van der Waals surface area contributed by atoms with Crippen molar-refractivity contribution in [2.75, 3.05) is 4.90 Å². The fourth-order valence-corrected chi connectivity index (χ4v) is 3.61. The van der Waals surface area contributed by atoms with E-state index < -0.39 is 46.7 Å². The first kappa shape index (κ1) is 22.1. The SMILES string of the molecule is C/C=C1/[C@H](C)C(C(F)(F)F)(C(F)(F)F)C(C#N)=C(N)N1c1ccc(C(N)=O)cc1. The van der Waals surface area contributed by atoms with Crippen molar-refractivity contribution in [2.24, 2.45) is 22.8 Å². The van der Waals surface area contributed by atoms with Crippen LogP contribution in [-0.2, 0) is 0 Å². The van der Waals surface area contributed by atoms with E-state index in [1.54, 1.807) is 0 Å². The highest BCUT2D eigenvalue weighted by Gasteiger charge is 2.77. The Morgan fingerprint density at radius 3 is 2.00 bits per heavy atom. The Balaban J connectivity index is 2.89. The molecule has 156 valence electrons. The molecule has 0 bridgehead atoms.